The molecule has 2 atom stereocenters. The lowest BCUT2D eigenvalue weighted by Gasteiger charge is -2.20. The lowest BCUT2D eigenvalue weighted by molar-refractivity contribution is -0.143. The van der Waals surface area contributed by atoms with Crippen molar-refractivity contribution in [3.05, 3.63) is 48.6 Å². The number of aliphatic hydroxyl groups excluding tert-OH is 2. The van der Waals surface area contributed by atoms with E-state index in [0.717, 1.165) is 51.4 Å². The number of hydrogen-bond acceptors (Lipinski definition) is 5. The molecular formula is C81H153NO5. The smallest absolute Gasteiger partial charge is 0.305 e. The summed E-state index contributed by atoms with van der Waals surface area (Å²) in [7, 11) is 0. The largest absolute Gasteiger partial charge is 0.466 e. The van der Waals surface area contributed by atoms with Crippen molar-refractivity contribution in [2.75, 3.05) is 13.2 Å². The van der Waals surface area contributed by atoms with Crippen molar-refractivity contribution in [3.8, 4) is 0 Å². The van der Waals surface area contributed by atoms with Crippen molar-refractivity contribution in [2.24, 2.45) is 0 Å². The van der Waals surface area contributed by atoms with Crippen molar-refractivity contribution < 1.29 is 24.5 Å². The van der Waals surface area contributed by atoms with Gasteiger partial charge in [0.1, 0.15) is 0 Å². The highest BCUT2D eigenvalue weighted by Gasteiger charge is 2.18. The average Bonchev–Trinajstić information content (AvgIpc) is 3.58. The Balaban J connectivity index is 3.40. The molecule has 512 valence electrons. The number of allylic oxidation sites excluding steroid dienone is 7. The maximum Gasteiger partial charge on any atom is 0.305 e. The Hall–Kier alpha value is -2.18. The van der Waals surface area contributed by atoms with E-state index < -0.39 is 12.1 Å². The van der Waals surface area contributed by atoms with Crippen molar-refractivity contribution in [1.82, 2.24) is 5.32 Å². The van der Waals surface area contributed by atoms with Crippen molar-refractivity contribution in [1.29, 1.82) is 0 Å². The van der Waals surface area contributed by atoms with Gasteiger partial charge in [-0.15, -0.1) is 0 Å². The summed E-state index contributed by atoms with van der Waals surface area (Å²) in [4.78, 5) is 24.7. The molecule has 87 heavy (non-hydrogen) atoms. The first-order valence-electron chi connectivity index (χ1n) is 39.4. The minimum atomic E-state index is -0.847. The van der Waals surface area contributed by atoms with E-state index in [1.165, 1.54) is 353 Å². The van der Waals surface area contributed by atoms with Crippen LogP contribution in [0.5, 0.6) is 0 Å². The summed E-state index contributed by atoms with van der Waals surface area (Å²) in [5, 5.41) is 23.3. The van der Waals surface area contributed by atoms with Crippen LogP contribution in [-0.4, -0.2) is 47.4 Å². The maximum atomic E-state index is 12.6. The molecule has 0 heterocycles. The topological polar surface area (TPSA) is 95.9 Å². The molecule has 2 unspecified atom stereocenters. The third kappa shape index (κ3) is 72.8. The summed E-state index contributed by atoms with van der Waals surface area (Å²) in [6.45, 7) is 4.92. The number of aliphatic hydroxyl groups is 2. The number of nitrogens with one attached hydrogen (secondary N) is 1. The molecule has 0 aromatic carbocycles. The van der Waals surface area contributed by atoms with Gasteiger partial charge in [-0.3, -0.25) is 9.59 Å². The number of amides is 1. The number of esters is 1. The lowest BCUT2D eigenvalue weighted by atomic mass is 10.0. The van der Waals surface area contributed by atoms with Crippen molar-refractivity contribution >= 4 is 11.9 Å². The van der Waals surface area contributed by atoms with Crippen LogP contribution in [-0.2, 0) is 14.3 Å². The molecule has 0 saturated carbocycles. The van der Waals surface area contributed by atoms with Gasteiger partial charge in [0.2, 0.25) is 5.91 Å². The second kappa shape index (κ2) is 76.3. The van der Waals surface area contributed by atoms with Gasteiger partial charge >= 0.3 is 5.97 Å². The van der Waals surface area contributed by atoms with E-state index in [4.69, 9.17) is 4.74 Å². The van der Waals surface area contributed by atoms with E-state index in [-0.39, 0.29) is 18.5 Å². The zero-order valence-corrected chi connectivity index (χ0v) is 58.8. The molecule has 0 rings (SSSR count). The normalized spacial score (nSPS) is 12.7. The molecule has 3 N–H and O–H groups in total. The molecule has 0 aliphatic heterocycles. The summed E-state index contributed by atoms with van der Waals surface area (Å²) >= 11 is 0. The zero-order chi connectivity index (χ0) is 62.8. The highest BCUT2D eigenvalue weighted by Crippen LogP contribution is 2.19. The van der Waals surface area contributed by atoms with Gasteiger partial charge in [0.25, 0.3) is 0 Å². The second-order valence-electron chi connectivity index (χ2n) is 27.0. The van der Waals surface area contributed by atoms with E-state index in [2.05, 4.69) is 55.6 Å². The van der Waals surface area contributed by atoms with Crippen LogP contribution in [0.4, 0.5) is 0 Å². The van der Waals surface area contributed by atoms with E-state index in [9.17, 15) is 19.8 Å². The van der Waals surface area contributed by atoms with Gasteiger partial charge in [-0.05, 0) is 89.9 Å². The molecule has 0 aliphatic rings. The van der Waals surface area contributed by atoms with E-state index in [1.807, 2.05) is 6.08 Å². The number of carbonyl (C=O) groups excluding carboxylic acids is 2. The molecule has 1 amide bonds. The standard InChI is InChI=1S/C81H153NO5/c1-3-5-7-9-11-13-15-17-19-21-23-24-25-31-34-38-41-45-49-53-57-61-65-69-73-79(84)78(77-83)82-80(85)74-70-66-62-58-54-50-46-42-39-35-32-29-27-26-28-30-33-36-40-44-48-52-56-60-64-68-72-76-87-81(86)75-71-67-63-59-55-51-47-43-37-22-20-18-16-14-12-10-8-6-4-2/h12,14,18,20,26-27,69,73,78-79,83-84H,3-11,13,15-17,19,21-25,28-68,70-72,74-77H2,1-2H3,(H,82,85)/b14-12-,20-18-,27-26-,73-69+. The van der Waals surface area contributed by atoms with Crippen LogP contribution in [0.3, 0.4) is 0 Å². The fourth-order valence-electron chi connectivity index (χ4n) is 12.3. The molecule has 0 fully saturated rings. The summed E-state index contributed by atoms with van der Waals surface area (Å²) in [5.74, 6) is -0.0529. The Kier molecular flexibility index (Phi) is 74.4. The Labute approximate surface area is 544 Å². The Morgan fingerprint density at radius 2 is 0.575 bits per heavy atom. The quantitative estimate of drug-likeness (QED) is 0.0320. The minimum Gasteiger partial charge on any atom is -0.466 e. The van der Waals surface area contributed by atoms with Gasteiger partial charge < -0.3 is 20.3 Å². The molecule has 0 radical (unpaired) electrons. The fraction of sp³-hybridized carbons (Fsp3) is 0.877. The third-order valence-corrected chi connectivity index (χ3v) is 18.3. The zero-order valence-electron chi connectivity index (χ0n) is 58.8. The summed E-state index contributed by atoms with van der Waals surface area (Å²) in [5.41, 5.74) is 0. The molecule has 0 bridgehead atoms. The van der Waals surface area contributed by atoms with Gasteiger partial charge in [-0.1, -0.05) is 377 Å². The van der Waals surface area contributed by atoms with E-state index in [1.54, 1.807) is 6.08 Å². The summed E-state index contributed by atoms with van der Waals surface area (Å²) in [6, 6.07) is -0.631. The van der Waals surface area contributed by atoms with E-state index >= 15 is 0 Å². The van der Waals surface area contributed by atoms with Gasteiger partial charge in [0.15, 0.2) is 0 Å². The molecule has 0 aliphatic carbocycles. The predicted molar refractivity (Wildman–Crippen MR) is 384 cm³/mol. The van der Waals surface area contributed by atoms with E-state index in [0.29, 0.717) is 19.4 Å². The van der Waals surface area contributed by atoms with Crippen LogP contribution < -0.4 is 5.32 Å². The van der Waals surface area contributed by atoms with Gasteiger partial charge in [0.05, 0.1) is 25.4 Å². The molecule has 6 nitrogen and oxygen atoms in total. The van der Waals surface area contributed by atoms with Crippen LogP contribution in [0, 0.1) is 0 Å². The molecule has 0 aromatic heterocycles. The van der Waals surface area contributed by atoms with Gasteiger partial charge in [-0.25, -0.2) is 0 Å². The molecule has 0 spiro atoms. The van der Waals surface area contributed by atoms with Crippen LogP contribution in [0.2, 0.25) is 0 Å². The maximum absolute atomic E-state index is 12.6. The summed E-state index contributed by atoms with van der Waals surface area (Å²) < 4.78 is 5.51. The number of carbonyl (C=O) groups is 2. The first-order valence-corrected chi connectivity index (χ1v) is 39.4. The highest BCUT2D eigenvalue weighted by molar-refractivity contribution is 5.76. The SMILES string of the molecule is CCCCC/C=C\C/C=C\CCCCCCCCCCCC(=O)OCCCCCCCCCCCCCC/C=C\CCCCCCCCCCCCCC(=O)NC(CO)C(O)/C=C/CCCCCCCCCCCCCCCCCCCCCCCC. The number of hydrogen-bond donors (Lipinski definition) is 3. The Bertz CT molecular complexity index is 1450. The Morgan fingerprint density at radius 3 is 0.908 bits per heavy atom. The molecule has 0 saturated heterocycles. The monoisotopic (exact) mass is 1220 g/mol. The highest BCUT2D eigenvalue weighted by atomic mass is 16.5. The number of ether oxygens (including phenoxy) is 1. The van der Waals surface area contributed by atoms with Crippen molar-refractivity contribution in [3.63, 3.8) is 0 Å². The molecule has 6 heteroatoms. The lowest BCUT2D eigenvalue weighted by Crippen LogP contribution is -2.45. The number of rotatable bonds is 74. The van der Waals surface area contributed by atoms with Crippen LogP contribution in [0.15, 0.2) is 48.6 Å². The number of unbranched alkanes of at least 4 members (excludes halogenated alkanes) is 57. The summed E-state index contributed by atoms with van der Waals surface area (Å²) in [6.07, 6.45) is 101. The van der Waals surface area contributed by atoms with Crippen LogP contribution in [0.25, 0.3) is 0 Å². The first-order chi connectivity index (χ1) is 43.0. The minimum absolute atomic E-state index is 0.0116. The van der Waals surface area contributed by atoms with Crippen LogP contribution in [0.1, 0.15) is 431 Å². The Morgan fingerprint density at radius 1 is 0.322 bits per heavy atom. The molecule has 0 aromatic rings. The average molecular weight is 1220 g/mol. The van der Waals surface area contributed by atoms with Gasteiger partial charge in [0, 0.05) is 12.8 Å². The van der Waals surface area contributed by atoms with Crippen molar-refractivity contribution in [2.45, 2.75) is 443 Å². The second-order valence-corrected chi connectivity index (χ2v) is 27.0. The van der Waals surface area contributed by atoms with Crippen LogP contribution >= 0.6 is 0 Å². The molecular weight excluding hydrogens is 1070 g/mol. The van der Waals surface area contributed by atoms with Gasteiger partial charge in [-0.2, -0.15) is 0 Å². The predicted octanol–water partition coefficient (Wildman–Crippen LogP) is 26.0. The first kappa shape index (κ1) is 84.8. The fourth-order valence-corrected chi connectivity index (χ4v) is 12.3. The third-order valence-electron chi connectivity index (χ3n) is 18.3.